The van der Waals surface area contributed by atoms with Crippen molar-refractivity contribution in [3.63, 3.8) is 0 Å². The van der Waals surface area contributed by atoms with Gasteiger partial charge in [0.15, 0.2) is 0 Å². The van der Waals surface area contributed by atoms with E-state index in [0.29, 0.717) is 0 Å². The zero-order valence-corrected chi connectivity index (χ0v) is 13.3. The van der Waals surface area contributed by atoms with Crippen LogP contribution in [0.4, 0.5) is 11.5 Å². The average Bonchev–Trinajstić information content (AvgIpc) is 2.62. The molecule has 0 fully saturated rings. The fourth-order valence-electron chi connectivity index (χ4n) is 2.69. The molecule has 23 heavy (non-hydrogen) atoms. The Kier molecular flexibility index (Phi) is 4.40. The van der Waals surface area contributed by atoms with E-state index >= 15 is 0 Å². The Morgan fingerprint density at radius 2 is 1.52 bits per heavy atom. The molecule has 0 spiro atoms. The maximum atomic E-state index is 10.5. The van der Waals surface area contributed by atoms with Gasteiger partial charge in [-0.2, -0.15) is 0 Å². The van der Waals surface area contributed by atoms with Crippen LogP contribution in [-0.2, 0) is 0 Å². The van der Waals surface area contributed by atoms with Gasteiger partial charge in [-0.05, 0) is 36.2 Å². The number of nitrogens with zero attached hydrogens (tertiary/aromatic N) is 2. The molecular formula is C20H20N2O. The van der Waals surface area contributed by atoms with Gasteiger partial charge in [-0.3, -0.25) is 0 Å². The molecule has 3 aromatic rings. The quantitative estimate of drug-likeness (QED) is 0.783. The Balaban J connectivity index is 1.89. The van der Waals surface area contributed by atoms with Crippen molar-refractivity contribution in [3.05, 3.63) is 89.6 Å². The van der Waals surface area contributed by atoms with Gasteiger partial charge in [-0.1, -0.05) is 48.5 Å². The third kappa shape index (κ3) is 3.25. The number of aryl methyl sites for hydroxylation is 1. The number of pyridine rings is 1. The number of aliphatic hydroxyl groups excluding tert-OH is 1. The summed E-state index contributed by atoms with van der Waals surface area (Å²) in [7, 11) is 2.00. The zero-order chi connectivity index (χ0) is 16.2. The van der Waals surface area contributed by atoms with Gasteiger partial charge in [0.25, 0.3) is 0 Å². The van der Waals surface area contributed by atoms with Gasteiger partial charge in [-0.15, -0.1) is 0 Å². The highest BCUT2D eigenvalue weighted by molar-refractivity contribution is 5.62. The minimum atomic E-state index is -0.654. The van der Waals surface area contributed by atoms with Gasteiger partial charge in [0.1, 0.15) is 11.9 Å². The van der Waals surface area contributed by atoms with Crippen molar-refractivity contribution in [2.75, 3.05) is 11.9 Å². The molecule has 0 aliphatic heterocycles. The molecular weight excluding hydrogens is 284 g/mol. The lowest BCUT2D eigenvalue weighted by molar-refractivity contribution is 0.220. The van der Waals surface area contributed by atoms with Crippen LogP contribution in [0.2, 0.25) is 0 Å². The van der Waals surface area contributed by atoms with E-state index in [1.807, 2.05) is 85.6 Å². The minimum absolute atomic E-state index is 0.654. The SMILES string of the molecule is Cc1cc([C@H](O)c2ccccc2)cnc1N(C)c1ccccc1. The van der Waals surface area contributed by atoms with Crippen molar-refractivity contribution in [2.24, 2.45) is 0 Å². The van der Waals surface area contributed by atoms with E-state index in [9.17, 15) is 5.11 Å². The summed E-state index contributed by atoms with van der Waals surface area (Å²) >= 11 is 0. The molecule has 0 amide bonds. The second kappa shape index (κ2) is 6.63. The number of anilines is 2. The van der Waals surface area contributed by atoms with E-state index < -0.39 is 6.10 Å². The first-order valence-corrected chi connectivity index (χ1v) is 7.65. The Labute approximate surface area is 136 Å². The highest BCUT2D eigenvalue weighted by Crippen LogP contribution is 2.28. The molecule has 0 saturated carbocycles. The Hall–Kier alpha value is -2.65. The first kappa shape index (κ1) is 15.3. The maximum Gasteiger partial charge on any atom is 0.135 e. The molecule has 0 aliphatic carbocycles. The predicted octanol–water partition coefficient (Wildman–Crippen LogP) is 4.24. The number of aliphatic hydroxyl groups is 1. The lowest BCUT2D eigenvalue weighted by Gasteiger charge is -2.21. The number of hydrogen-bond acceptors (Lipinski definition) is 3. The Morgan fingerprint density at radius 1 is 0.913 bits per heavy atom. The molecule has 0 unspecified atom stereocenters. The monoisotopic (exact) mass is 304 g/mol. The molecule has 3 heteroatoms. The zero-order valence-electron chi connectivity index (χ0n) is 13.3. The van der Waals surface area contributed by atoms with Gasteiger partial charge >= 0.3 is 0 Å². The fourth-order valence-corrected chi connectivity index (χ4v) is 2.69. The first-order chi connectivity index (χ1) is 11.2. The molecule has 0 bridgehead atoms. The normalized spacial score (nSPS) is 12.0. The third-order valence-electron chi connectivity index (χ3n) is 3.96. The van der Waals surface area contributed by atoms with Crippen LogP contribution in [0.5, 0.6) is 0 Å². The molecule has 2 aromatic carbocycles. The lowest BCUT2D eigenvalue weighted by Crippen LogP contribution is -2.13. The van der Waals surface area contributed by atoms with E-state index in [2.05, 4.69) is 4.98 Å². The van der Waals surface area contributed by atoms with Crippen LogP contribution in [0.15, 0.2) is 72.9 Å². The predicted molar refractivity (Wildman–Crippen MR) is 94.0 cm³/mol. The highest BCUT2D eigenvalue weighted by atomic mass is 16.3. The lowest BCUT2D eigenvalue weighted by atomic mass is 10.0. The van der Waals surface area contributed by atoms with Crippen LogP contribution >= 0.6 is 0 Å². The summed E-state index contributed by atoms with van der Waals surface area (Å²) in [6.45, 7) is 2.02. The fraction of sp³-hybridized carbons (Fsp3) is 0.150. The van der Waals surface area contributed by atoms with Crippen molar-refractivity contribution in [1.82, 2.24) is 4.98 Å². The van der Waals surface area contributed by atoms with Gasteiger partial charge in [0, 0.05) is 24.5 Å². The summed E-state index contributed by atoms with van der Waals surface area (Å²) in [5.74, 6) is 0.889. The van der Waals surface area contributed by atoms with Gasteiger partial charge in [0.2, 0.25) is 0 Å². The van der Waals surface area contributed by atoms with Crippen molar-refractivity contribution in [3.8, 4) is 0 Å². The molecule has 1 N–H and O–H groups in total. The average molecular weight is 304 g/mol. The summed E-state index contributed by atoms with van der Waals surface area (Å²) in [6, 6.07) is 21.7. The van der Waals surface area contributed by atoms with Gasteiger partial charge in [-0.25, -0.2) is 4.98 Å². The van der Waals surface area contributed by atoms with Crippen molar-refractivity contribution < 1.29 is 5.11 Å². The van der Waals surface area contributed by atoms with Crippen molar-refractivity contribution in [1.29, 1.82) is 0 Å². The smallest absolute Gasteiger partial charge is 0.135 e. The molecule has 1 aromatic heterocycles. The number of para-hydroxylation sites is 1. The molecule has 1 atom stereocenters. The molecule has 0 radical (unpaired) electrons. The number of hydrogen-bond donors (Lipinski definition) is 1. The van der Waals surface area contributed by atoms with E-state index in [1.54, 1.807) is 6.20 Å². The highest BCUT2D eigenvalue weighted by Gasteiger charge is 2.14. The van der Waals surface area contributed by atoms with E-state index in [-0.39, 0.29) is 0 Å². The van der Waals surface area contributed by atoms with E-state index in [4.69, 9.17) is 0 Å². The van der Waals surface area contributed by atoms with Crippen molar-refractivity contribution in [2.45, 2.75) is 13.0 Å². The van der Waals surface area contributed by atoms with E-state index in [1.165, 1.54) is 0 Å². The summed E-state index contributed by atoms with van der Waals surface area (Å²) in [5.41, 5.74) is 3.79. The third-order valence-corrected chi connectivity index (χ3v) is 3.96. The van der Waals surface area contributed by atoms with Gasteiger partial charge < -0.3 is 10.0 Å². The Bertz CT molecular complexity index is 772. The number of rotatable bonds is 4. The molecule has 1 heterocycles. The molecule has 0 saturated heterocycles. The maximum absolute atomic E-state index is 10.5. The van der Waals surface area contributed by atoms with Crippen LogP contribution in [0, 0.1) is 6.92 Å². The van der Waals surface area contributed by atoms with E-state index in [0.717, 1.165) is 28.2 Å². The van der Waals surface area contributed by atoms with Crippen LogP contribution in [0.25, 0.3) is 0 Å². The van der Waals surface area contributed by atoms with Crippen LogP contribution in [0.3, 0.4) is 0 Å². The first-order valence-electron chi connectivity index (χ1n) is 7.65. The molecule has 116 valence electrons. The molecule has 3 rings (SSSR count). The topological polar surface area (TPSA) is 36.4 Å². The molecule has 3 nitrogen and oxygen atoms in total. The summed E-state index contributed by atoms with van der Waals surface area (Å²) in [4.78, 5) is 6.62. The largest absolute Gasteiger partial charge is 0.384 e. The van der Waals surface area contributed by atoms with Crippen molar-refractivity contribution >= 4 is 11.5 Å². The summed E-state index contributed by atoms with van der Waals surface area (Å²) in [5, 5.41) is 10.5. The van der Waals surface area contributed by atoms with Crippen LogP contribution < -0.4 is 4.90 Å². The summed E-state index contributed by atoms with van der Waals surface area (Å²) in [6.07, 6.45) is 1.10. The second-order valence-electron chi connectivity index (χ2n) is 5.62. The molecule has 0 aliphatic rings. The summed E-state index contributed by atoms with van der Waals surface area (Å²) < 4.78 is 0. The van der Waals surface area contributed by atoms with Gasteiger partial charge in [0.05, 0.1) is 0 Å². The minimum Gasteiger partial charge on any atom is -0.384 e. The second-order valence-corrected chi connectivity index (χ2v) is 5.62. The van der Waals surface area contributed by atoms with Crippen LogP contribution in [0.1, 0.15) is 22.8 Å². The standard InChI is InChI=1S/C20H20N2O/c1-15-13-17(19(23)16-9-5-3-6-10-16)14-21-20(15)22(2)18-11-7-4-8-12-18/h3-14,19,23H,1-2H3/t19-/m1/s1. The Morgan fingerprint density at radius 3 is 2.13 bits per heavy atom. The number of benzene rings is 2. The van der Waals surface area contributed by atoms with Crippen LogP contribution in [-0.4, -0.2) is 17.1 Å². The number of aromatic nitrogens is 1.